The maximum Gasteiger partial charge on any atom is 0.415 e. The number of ether oxygens (including phenoxy) is 2. The summed E-state index contributed by atoms with van der Waals surface area (Å²) in [5.41, 5.74) is 3.14. The molecule has 5 saturated carbocycles. The number of carbonyl (C=O) groups excluding carboxylic acids is 4. The molecule has 2 aromatic carbocycles. The molecule has 0 radical (unpaired) electrons. The lowest BCUT2D eigenvalue weighted by molar-refractivity contribution is -0.181. The van der Waals surface area contributed by atoms with Gasteiger partial charge in [-0.25, -0.2) is 4.79 Å². The van der Waals surface area contributed by atoms with Crippen LogP contribution in [-0.4, -0.2) is 118 Å². The summed E-state index contributed by atoms with van der Waals surface area (Å²) in [7, 11) is 0. The van der Waals surface area contributed by atoms with Crippen LogP contribution in [-0.2, 0) is 32.0 Å². The zero-order valence-corrected chi connectivity index (χ0v) is 45.9. The molecule has 1 amide bonds. The molecule has 0 heterocycles. The fraction of sp³-hybridized carbons (Fsp3) is 0.655. The van der Waals surface area contributed by atoms with Crippen LogP contribution in [0.2, 0.25) is 0 Å². The number of amides is 1. The van der Waals surface area contributed by atoms with E-state index >= 15 is 0 Å². The number of esters is 1. The molecule has 0 saturated heterocycles. The molecule has 3 N–H and O–H groups in total. The topological polar surface area (TPSA) is 154 Å². The van der Waals surface area contributed by atoms with Gasteiger partial charge in [0.25, 0.3) is 0 Å². The number of nitrogens with zero attached hydrogens (tertiary/aromatic N) is 2. The quantitative estimate of drug-likeness (QED) is 0.103. The second-order valence-electron chi connectivity index (χ2n) is 22.7. The first-order valence-electron chi connectivity index (χ1n) is 26.8. The van der Waals surface area contributed by atoms with Crippen molar-refractivity contribution in [3.05, 3.63) is 83.0 Å². The summed E-state index contributed by atoms with van der Waals surface area (Å²) in [4.78, 5) is 54.3. The Hall–Kier alpha value is -3.16. The molecule has 0 aromatic heterocycles. The van der Waals surface area contributed by atoms with E-state index in [0.717, 1.165) is 68.2 Å². The van der Waals surface area contributed by atoms with Crippen molar-refractivity contribution in [2.24, 2.45) is 45.8 Å². The van der Waals surface area contributed by atoms with Crippen LogP contribution in [0.1, 0.15) is 120 Å². The summed E-state index contributed by atoms with van der Waals surface area (Å²) in [6.45, 7) is 8.14. The monoisotopic (exact) mass is 1080 g/mol. The number of halogens is 4. The largest absolute Gasteiger partial charge is 0.458 e. The first-order valence-corrected chi connectivity index (χ1v) is 29.0. The Morgan fingerprint density at radius 1 is 0.795 bits per heavy atom. The Kier molecular flexibility index (Phi) is 18.1. The van der Waals surface area contributed by atoms with E-state index in [-0.39, 0.29) is 54.3 Å². The van der Waals surface area contributed by atoms with Crippen LogP contribution in [0.25, 0.3) is 0 Å². The van der Waals surface area contributed by atoms with Crippen LogP contribution < -0.4 is 9.64 Å². The third-order valence-electron chi connectivity index (χ3n) is 19.2. The SMILES string of the molecule is C[C@]12C=CC(=O)C=C1CC[C@@H]1[C@@H]2[C@@H](O)C[C@@]2(C)[C@H]1CC[C@]2(O)C(=O)COC(=O)CCCc1ccc(N(CCCl)CCCl)cc1.C[C@]12CC[C@@H]3c4ccc(OC(=O)N(CCCl)CCCl)cc4CC[C@H]3[C@@H]1CC[C@@H]2O. The maximum atomic E-state index is 13.5. The van der Waals surface area contributed by atoms with Gasteiger partial charge in [-0.3, -0.25) is 14.4 Å². The van der Waals surface area contributed by atoms with Gasteiger partial charge >= 0.3 is 12.1 Å². The minimum absolute atomic E-state index is 0.0103. The smallest absolute Gasteiger partial charge is 0.415 e. The Morgan fingerprint density at radius 2 is 1.49 bits per heavy atom. The number of anilines is 1. The number of aliphatic hydroxyl groups is 3. The summed E-state index contributed by atoms with van der Waals surface area (Å²) in [5, 5.41) is 34.0. The average Bonchev–Trinajstić information content (AvgIpc) is 3.83. The number of benzene rings is 2. The molecule has 400 valence electrons. The third kappa shape index (κ3) is 11.2. The Bertz CT molecular complexity index is 2370. The second-order valence-corrected chi connectivity index (χ2v) is 24.2. The van der Waals surface area contributed by atoms with E-state index in [0.29, 0.717) is 92.5 Å². The Balaban J connectivity index is 0.000000212. The number of aryl methyl sites for hydroxylation is 2. The van der Waals surface area contributed by atoms with Crippen molar-refractivity contribution >= 4 is 75.7 Å². The summed E-state index contributed by atoms with van der Waals surface area (Å²) in [6.07, 6.45) is 14.8. The van der Waals surface area contributed by atoms with E-state index in [1.807, 2.05) is 49.4 Å². The fourth-order valence-corrected chi connectivity index (χ4v) is 16.1. The van der Waals surface area contributed by atoms with Crippen molar-refractivity contribution in [1.29, 1.82) is 0 Å². The summed E-state index contributed by atoms with van der Waals surface area (Å²) in [5.74, 6) is 3.33. The van der Waals surface area contributed by atoms with Crippen LogP contribution in [0.5, 0.6) is 5.75 Å². The molecule has 11 nitrogen and oxygen atoms in total. The molecule has 7 aliphatic carbocycles. The van der Waals surface area contributed by atoms with Gasteiger partial charge < -0.3 is 34.6 Å². The van der Waals surface area contributed by atoms with Gasteiger partial charge in [0, 0.05) is 78.6 Å². The highest BCUT2D eigenvalue weighted by Crippen LogP contribution is 2.67. The Labute approximate surface area is 452 Å². The zero-order valence-electron chi connectivity index (χ0n) is 42.9. The number of rotatable bonds is 17. The molecule has 7 aliphatic rings. The number of carbonyl (C=O) groups is 4. The van der Waals surface area contributed by atoms with Crippen LogP contribution in [0.3, 0.4) is 0 Å². The number of allylic oxidation sites excluding steroid dienone is 4. The number of fused-ring (bicyclic) bond motifs is 10. The van der Waals surface area contributed by atoms with E-state index in [4.69, 9.17) is 55.9 Å². The molecule has 5 fully saturated rings. The van der Waals surface area contributed by atoms with Crippen molar-refractivity contribution in [2.75, 3.05) is 61.2 Å². The van der Waals surface area contributed by atoms with Crippen LogP contribution in [0.4, 0.5) is 10.5 Å². The summed E-state index contributed by atoms with van der Waals surface area (Å²) < 4.78 is 11.0. The van der Waals surface area contributed by atoms with Gasteiger partial charge in [-0.05, 0) is 172 Å². The molecule has 12 atom stereocenters. The first kappa shape index (κ1) is 56.1. The van der Waals surface area contributed by atoms with Crippen molar-refractivity contribution in [1.82, 2.24) is 4.90 Å². The normalized spacial score (nSPS) is 33.6. The predicted octanol–water partition coefficient (Wildman–Crippen LogP) is 10.6. The minimum atomic E-state index is -1.66. The van der Waals surface area contributed by atoms with Crippen LogP contribution in [0, 0.1) is 45.8 Å². The van der Waals surface area contributed by atoms with Gasteiger partial charge in [0.2, 0.25) is 5.78 Å². The number of hydrogen-bond donors (Lipinski definition) is 3. The summed E-state index contributed by atoms with van der Waals surface area (Å²) in [6, 6.07) is 14.3. The lowest BCUT2D eigenvalue weighted by Gasteiger charge is -2.59. The number of ketones is 2. The van der Waals surface area contributed by atoms with Crippen molar-refractivity contribution in [2.45, 2.75) is 134 Å². The van der Waals surface area contributed by atoms with Crippen molar-refractivity contribution in [3.8, 4) is 5.75 Å². The van der Waals surface area contributed by atoms with Crippen molar-refractivity contribution in [3.63, 3.8) is 0 Å². The fourth-order valence-electron chi connectivity index (χ4n) is 15.3. The molecule has 0 unspecified atom stereocenters. The number of Topliss-reactive ketones (excluding diaryl/α,β-unsaturated/α-hetero) is 1. The van der Waals surface area contributed by atoms with Gasteiger partial charge in [0.05, 0.1) is 12.2 Å². The molecule has 73 heavy (non-hydrogen) atoms. The predicted molar refractivity (Wildman–Crippen MR) is 288 cm³/mol. The van der Waals surface area contributed by atoms with Crippen LogP contribution in [0.15, 0.2) is 66.3 Å². The van der Waals surface area contributed by atoms with Gasteiger partial charge in [-0.1, -0.05) is 50.6 Å². The van der Waals surface area contributed by atoms with Gasteiger partial charge in [0.1, 0.15) is 11.4 Å². The summed E-state index contributed by atoms with van der Waals surface area (Å²) >= 11 is 23.4. The highest BCUT2D eigenvalue weighted by Gasteiger charge is 2.68. The molecule has 2 aromatic rings. The molecule has 0 spiro atoms. The zero-order chi connectivity index (χ0) is 52.3. The highest BCUT2D eigenvalue weighted by atomic mass is 35.5. The lowest BCUT2D eigenvalue weighted by Crippen LogP contribution is -2.61. The van der Waals surface area contributed by atoms with Gasteiger partial charge in [0.15, 0.2) is 12.4 Å². The number of alkyl halides is 4. The average molecular weight is 1090 g/mol. The second kappa shape index (κ2) is 23.6. The molecule has 0 aliphatic heterocycles. The molecule has 15 heteroatoms. The number of aliphatic hydroxyl groups excluding tert-OH is 2. The number of hydrogen-bond acceptors (Lipinski definition) is 10. The van der Waals surface area contributed by atoms with E-state index in [1.165, 1.54) is 11.1 Å². The lowest BCUT2D eigenvalue weighted by atomic mass is 9.46. The highest BCUT2D eigenvalue weighted by molar-refractivity contribution is 6.19. The first-order chi connectivity index (χ1) is 34.9. The molecular weight excluding hydrogens is 1010 g/mol. The van der Waals surface area contributed by atoms with E-state index < -0.39 is 47.0 Å². The third-order valence-corrected chi connectivity index (χ3v) is 19.8. The van der Waals surface area contributed by atoms with E-state index in [1.54, 1.807) is 17.1 Å². The Morgan fingerprint density at radius 3 is 2.19 bits per heavy atom. The molecule has 9 rings (SSSR count). The van der Waals surface area contributed by atoms with Crippen LogP contribution >= 0.6 is 46.4 Å². The molecule has 0 bridgehead atoms. The maximum absolute atomic E-state index is 13.5. The van der Waals surface area contributed by atoms with Crippen molar-refractivity contribution < 1.29 is 44.0 Å². The molecular formula is C58H76Cl4N2O9. The van der Waals surface area contributed by atoms with Gasteiger partial charge in [-0.15, -0.1) is 46.4 Å². The van der Waals surface area contributed by atoms with E-state index in [9.17, 15) is 34.5 Å². The minimum Gasteiger partial charge on any atom is -0.458 e. The standard InChI is InChI=1S/C35H45Cl2NO6.C23H31Cl2NO3/c1-33-14-12-26(39)20-24(33)8-11-27-28-13-15-35(43,34(28,2)21-29(40)32(27)33)30(41)22-44-31(42)5-3-4-23-6-9-25(10-7-23)38(18-16-36)19-17-37;1-23-9-8-18-17-5-3-16(29-22(28)26(12-10-24)13-11-25)14-15(17)2-4-19(18)20(23)6-7-21(23)27/h6-7,9-10,12,14,20,27-29,32,40,43H,3-5,8,11,13,15-19,21-22H2,1-2H3;3,5,14,18-21,27H,2,4,6-13H2,1H3/t27-,28-,29-,32+,33-,34-,35-;18-,19-,20+,21+,23+/m01/s1. The van der Waals surface area contributed by atoms with E-state index in [2.05, 4.69) is 24.8 Å². The van der Waals surface area contributed by atoms with Gasteiger partial charge in [-0.2, -0.15) is 0 Å².